The predicted molar refractivity (Wildman–Crippen MR) is 52.2 cm³/mol. The van der Waals surface area contributed by atoms with Gasteiger partial charge in [-0.1, -0.05) is 6.08 Å². The van der Waals surface area contributed by atoms with Gasteiger partial charge in [-0.05, 0) is 31.6 Å². The van der Waals surface area contributed by atoms with E-state index in [0.717, 1.165) is 4.88 Å². The topological polar surface area (TPSA) is 43.1 Å². The number of hydrogen-bond donors (Lipinski definition) is 1. The highest BCUT2D eigenvalue weighted by molar-refractivity contribution is 7.15. The lowest BCUT2D eigenvalue weighted by molar-refractivity contribution is 0.100. The van der Waals surface area contributed by atoms with Gasteiger partial charge in [0.05, 0.1) is 4.88 Å². The summed E-state index contributed by atoms with van der Waals surface area (Å²) >= 11 is 1.43. The van der Waals surface area contributed by atoms with E-state index >= 15 is 0 Å². The zero-order chi connectivity index (χ0) is 9.14. The van der Waals surface area contributed by atoms with Crippen molar-refractivity contribution in [3.63, 3.8) is 0 Å². The van der Waals surface area contributed by atoms with Gasteiger partial charge in [0.15, 0.2) is 0 Å². The van der Waals surface area contributed by atoms with Crippen LogP contribution < -0.4 is 5.73 Å². The van der Waals surface area contributed by atoms with E-state index < -0.39 is 0 Å². The lowest BCUT2D eigenvalue weighted by atomic mass is 10.2. The van der Waals surface area contributed by atoms with Gasteiger partial charge in [-0.2, -0.15) is 0 Å². The number of carbonyl (C=O) groups excluding carboxylic acids is 1. The fraction of sp³-hybridized carbons (Fsp3) is 0.222. The Kier molecular flexibility index (Phi) is 2.65. The van der Waals surface area contributed by atoms with Crippen molar-refractivity contribution >= 4 is 22.8 Å². The molecule has 0 saturated carbocycles. The Morgan fingerprint density at radius 2 is 2.08 bits per heavy atom. The summed E-state index contributed by atoms with van der Waals surface area (Å²) in [7, 11) is 0. The summed E-state index contributed by atoms with van der Waals surface area (Å²) < 4.78 is 0. The van der Waals surface area contributed by atoms with Gasteiger partial charge in [-0.25, -0.2) is 0 Å². The van der Waals surface area contributed by atoms with Gasteiger partial charge in [0.25, 0.3) is 5.91 Å². The van der Waals surface area contributed by atoms with Crippen molar-refractivity contribution in [3.05, 3.63) is 28.0 Å². The smallest absolute Gasteiger partial charge is 0.258 e. The predicted octanol–water partition coefficient (Wildman–Crippen LogP) is 2.27. The fourth-order valence-electron chi connectivity index (χ4n) is 0.825. The molecule has 0 bridgehead atoms. The first-order valence-corrected chi connectivity index (χ1v) is 4.49. The first-order valence-electron chi connectivity index (χ1n) is 3.68. The Balaban J connectivity index is 2.99. The van der Waals surface area contributed by atoms with Crippen molar-refractivity contribution in [2.45, 2.75) is 13.8 Å². The third-order valence-electron chi connectivity index (χ3n) is 1.67. The minimum atomic E-state index is -0.352. The maximum absolute atomic E-state index is 10.7. The van der Waals surface area contributed by atoms with E-state index in [2.05, 4.69) is 0 Å². The van der Waals surface area contributed by atoms with E-state index in [1.165, 1.54) is 16.9 Å². The van der Waals surface area contributed by atoms with Gasteiger partial charge in [0.2, 0.25) is 0 Å². The van der Waals surface area contributed by atoms with Crippen LogP contribution in [0.3, 0.4) is 0 Å². The van der Waals surface area contributed by atoms with Gasteiger partial charge in [0.1, 0.15) is 0 Å². The number of carbonyl (C=O) groups is 1. The molecule has 2 nitrogen and oxygen atoms in total. The summed E-state index contributed by atoms with van der Waals surface area (Å²) in [5.41, 5.74) is 6.29. The van der Waals surface area contributed by atoms with Crippen LogP contribution in [0.4, 0.5) is 0 Å². The van der Waals surface area contributed by atoms with Crippen molar-refractivity contribution in [2.24, 2.45) is 5.73 Å². The standard InChI is InChI=1S/C9H11NOS/c1-3-6(2)7-4-5-8(12-7)9(10)11/h3-5H,1-2H3,(H2,10,11)/b6-3+. The summed E-state index contributed by atoms with van der Waals surface area (Å²) in [6.07, 6.45) is 2.01. The van der Waals surface area contributed by atoms with Gasteiger partial charge < -0.3 is 5.73 Å². The zero-order valence-electron chi connectivity index (χ0n) is 7.13. The van der Waals surface area contributed by atoms with Gasteiger partial charge in [-0.3, -0.25) is 4.79 Å². The second kappa shape index (κ2) is 3.54. The lowest BCUT2D eigenvalue weighted by Crippen LogP contribution is -2.07. The molecule has 3 heteroatoms. The maximum atomic E-state index is 10.7. The quantitative estimate of drug-likeness (QED) is 0.747. The fourth-order valence-corrected chi connectivity index (χ4v) is 1.71. The van der Waals surface area contributed by atoms with Crippen LogP contribution in [0.5, 0.6) is 0 Å². The van der Waals surface area contributed by atoms with Gasteiger partial charge in [0, 0.05) is 4.88 Å². The van der Waals surface area contributed by atoms with Crippen molar-refractivity contribution in [2.75, 3.05) is 0 Å². The summed E-state index contributed by atoms with van der Waals surface area (Å²) in [4.78, 5) is 12.5. The van der Waals surface area contributed by atoms with Crippen molar-refractivity contribution < 1.29 is 4.79 Å². The zero-order valence-corrected chi connectivity index (χ0v) is 7.94. The molecule has 1 aromatic rings. The molecule has 0 spiro atoms. The molecule has 0 aliphatic rings. The molecule has 12 heavy (non-hydrogen) atoms. The van der Waals surface area contributed by atoms with Crippen LogP contribution in [0.1, 0.15) is 28.4 Å². The monoisotopic (exact) mass is 181 g/mol. The summed E-state index contributed by atoms with van der Waals surface area (Å²) in [6, 6.07) is 3.68. The van der Waals surface area contributed by atoms with Crippen molar-refractivity contribution in [1.29, 1.82) is 0 Å². The van der Waals surface area contributed by atoms with E-state index in [0.29, 0.717) is 4.88 Å². The van der Waals surface area contributed by atoms with Crippen LogP contribution in [0.2, 0.25) is 0 Å². The molecule has 64 valence electrons. The van der Waals surface area contributed by atoms with Crippen molar-refractivity contribution in [1.82, 2.24) is 0 Å². The van der Waals surface area contributed by atoms with Crippen LogP contribution in [0, 0.1) is 0 Å². The number of primary amides is 1. The first-order chi connectivity index (χ1) is 5.65. The van der Waals surface area contributed by atoms with Crippen LogP contribution in [-0.4, -0.2) is 5.91 Å². The van der Waals surface area contributed by atoms with E-state index in [9.17, 15) is 4.79 Å². The number of rotatable bonds is 2. The molecule has 0 aromatic carbocycles. The molecule has 1 amide bonds. The Morgan fingerprint density at radius 3 is 2.50 bits per heavy atom. The van der Waals surface area contributed by atoms with Crippen LogP contribution in [0.25, 0.3) is 5.57 Å². The van der Waals surface area contributed by atoms with Crippen molar-refractivity contribution in [3.8, 4) is 0 Å². The molecule has 0 atom stereocenters. The number of hydrogen-bond acceptors (Lipinski definition) is 2. The third-order valence-corrected chi connectivity index (χ3v) is 2.91. The summed E-state index contributed by atoms with van der Waals surface area (Å²) in [5, 5.41) is 0. The highest BCUT2D eigenvalue weighted by atomic mass is 32.1. The van der Waals surface area contributed by atoms with Crippen LogP contribution >= 0.6 is 11.3 Å². The molecule has 2 N–H and O–H groups in total. The van der Waals surface area contributed by atoms with Crippen LogP contribution in [-0.2, 0) is 0 Å². The Bertz CT molecular complexity index is 325. The second-order valence-corrected chi connectivity index (χ2v) is 3.58. The molecule has 1 heterocycles. The Labute approximate surface area is 75.7 Å². The minimum absolute atomic E-state index is 0.352. The maximum Gasteiger partial charge on any atom is 0.258 e. The highest BCUT2D eigenvalue weighted by Gasteiger charge is 2.04. The molecule has 0 aliphatic carbocycles. The second-order valence-electron chi connectivity index (χ2n) is 2.50. The van der Waals surface area contributed by atoms with E-state index in [1.54, 1.807) is 6.07 Å². The average Bonchev–Trinajstić information content (AvgIpc) is 2.51. The SMILES string of the molecule is C/C=C(\C)c1ccc(C(N)=O)s1. The molecule has 0 saturated heterocycles. The van der Waals surface area contributed by atoms with E-state index in [4.69, 9.17) is 5.73 Å². The number of allylic oxidation sites excluding steroid dienone is 2. The number of thiophene rings is 1. The van der Waals surface area contributed by atoms with E-state index in [1.807, 2.05) is 26.0 Å². The normalized spacial score (nSPS) is 11.7. The van der Waals surface area contributed by atoms with Gasteiger partial charge in [-0.15, -0.1) is 11.3 Å². The minimum Gasteiger partial charge on any atom is -0.365 e. The average molecular weight is 181 g/mol. The molecular weight excluding hydrogens is 170 g/mol. The number of amides is 1. The third kappa shape index (κ3) is 1.74. The van der Waals surface area contributed by atoms with Crippen LogP contribution in [0.15, 0.2) is 18.2 Å². The molecular formula is C9H11NOS. The Hall–Kier alpha value is -1.09. The molecule has 0 unspecified atom stereocenters. The first kappa shape index (κ1) is 9.00. The molecule has 0 aliphatic heterocycles. The molecule has 0 radical (unpaired) electrons. The lowest BCUT2D eigenvalue weighted by Gasteiger charge is -1.91. The van der Waals surface area contributed by atoms with E-state index in [-0.39, 0.29) is 5.91 Å². The highest BCUT2D eigenvalue weighted by Crippen LogP contribution is 2.23. The summed E-state index contributed by atoms with van der Waals surface area (Å²) in [6.45, 7) is 3.98. The molecule has 1 rings (SSSR count). The molecule has 1 aromatic heterocycles. The molecule has 0 fully saturated rings. The van der Waals surface area contributed by atoms with Gasteiger partial charge >= 0.3 is 0 Å². The Morgan fingerprint density at radius 1 is 1.50 bits per heavy atom. The summed E-state index contributed by atoms with van der Waals surface area (Å²) in [5.74, 6) is -0.352. The number of nitrogens with two attached hydrogens (primary N) is 1. The largest absolute Gasteiger partial charge is 0.365 e.